The van der Waals surface area contributed by atoms with Gasteiger partial charge in [-0.1, -0.05) is 20.8 Å². The Balaban J connectivity index is 2.77. The first-order valence-corrected chi connectivity index (χ1v) is 5.87. The Morgan fingerprint density at radius 1 is 1.13 bits per heavy atom. The summed E-state index contributed by atoms with van der Waals surface area (Å²) in [5.41, 5.74) is 0.346. The van der Waals surface area contributed by atoms with E-state index >= 15 is 0 Å². The van der Waals surface area contributed by atoms with Crippen LogP contribution in [0.3, 0.4) is 0 Å². The van der Waals surface area contributed by atoms with Crippen LogP contribution in [0.25, 0.3) is 0 Å². The van der Waals surface area contributed by atoms with Gasteiger partial charge < -0.3 is 0 Å². The van der Waals surface area contributed by atoms with Crippen LogP contribution in [-0.2, 0) is 4.79 Å². The van der Waals surface area contributed by atoms with Crippen LogP contribution in [0, 0.1) is 11.3 Å². The molecule has 1 fully saturated rings. The SMILES string of the molecule is CC(C)(C)C1CC(=O)CN(C(C)(C)C)C1. The van der Waals surface area contributed by atoms with Gasteiger partial charge in [0.05, 0.1) is 6.54 Å². The van der Waals surface area contributed by atoms with E-state index in [2.05, 4.69) is 46.4 Å². The summed E-state index contributed by atoms with van der Waals surface area (Å²) in [7, 11) is 0. The van der Waals surface area contributed by atoms with Crippen LogP contribution in [-0.4, -0.2) is 29.3 Å². The minimum atomic E-state index is 0.111. The Bertz CT molecular complexity index is 220. The molecule has 0 spiro atoms. The highest BCUT2D eigenvalue weighted by Crippen LogP contribution is 2.34. The zero-order valence-corrected chi connectivity index (χ0v) is 11.1. The molecule has 88 valence electrons. The van der Waals surface area contributed by atoms with E-state index < -0.39 is 0 Å². The molecule has 1 saturated heterocycles. The van der Waals surface area contributed by atoms with E-state index in [4.69, 9.17) is 0 Å². The van der Waals surface area contributed by atoms with Crippen LogP contribution in [0.2, 0.25) is 0 Å². The number of rotatable bonds is 0. The predicted octanol–water partition coefficient (Wildman–Crippen LogP) is 2.72. The van der Waals surface area contributed by atoms with E-state index in [1.165, 1.54) is 0 Å². The minimum Gasteiger partial charge on any atom is -0.298 e. The third-order valence-electron chi connectivity index (χ3n) is 3.46. The lowest BCUT2D eigenvalue weighted by Gasteiger charge is -2.44. The molecule has 0 aliphatic carbocycles. The highest BCUT2D eigenvalue weighted by Gasteiger charge is 2.36. The molecular weight excluding hydrogens is 186 g/mol. The quantitative estimate of drug-likeness (QED) is 0.614. The number of nitrogens with zero attached hydrogens (tertiary/aromatic N) is 1. The maximum absolute atomic E-state index is 11.7. The molecule has 2 nitrogen and oxygen atoms in total. The average molecular weight is 211 g/mol. The van der Waals surface area contributed by atoms with E-state index in [-0.39, 0.29) is 11.0 Å². The van der Waals surface area contributed by atoms with Gasteiger partial charge in [-0.3, -0.25) is 9.69 Å². The summed E-state index contributed by atoms with van der Waals surface area (Å²) in [6, 6.07) is 0. The number of Topliss-reactive ketones (excluding diaryl/α,β-unsaturated/α-hetero) is 1. The first kappa shape index (κ1) is 12.7. The number of ketones is 1. The van der Waals surface area contributed by atoms with Crippen molar-refractivity contribution in [3.8, 4) is 0 Å². The fourth-order valence-corrected chi connectivity index (χ4v) is 2.04. The van der Waals surface area contributed by atoms with Gasteiger partial charge in [0, 0.05) is 18.5 Å². The van der Waals surface area contributed by atoms with Crippen LogP contribution in [0.5, 0.6) is 0 Å². The first-order chi connectivity index (χ1) is 6.60. The fourth-order valence-electron chi connectivity index (χ4n) is 2.04. The molecule has 0 aromatic rings. The van der Waals surface area contributed by atoms with Gasteiger partial charge in [0.25, 0.3) is 0 Å². The third-order valence-corrected chi connectivity index (χ3v) is 3.46. The summed E-state index contributed by atoms with van der Waals surface area (Å²) in [5.74, 6) is 0.897. The van der Waals surface area contributed by atoms with Crippen LogP contribution in [0.15, 0.2) is 0 Å². The molecule has 0 bridgehead atoms. The Labute approximate surface area is 94.0 Å². The number of piperidine rings is 1. The normalized spacial score (nSPS) is 25.7. The van der Waals surface area contributed by atoms with E-state index in [0.717, 1.165) is 13.0 Å². The molecule has 1 rings (SSSR count). The minimum absolute atomic E-state index is 0.111. The van der Waals surface area contributed by atoms with Crippen molar-refractivity contribution in [3.05, 3.63) is 0 Å². The van der Waals surface area contributed by atoms with Gasteiger partial charge in [-0.25, -0.2) is 0 Å². The summed E-state index contributed by atoms with van der Waals surface area (Å²) < 4.78 is 0. The van der Waals surface area contributed by atoms with Gasteiger partial charge in [-0.05, 0) is 32.1 Å². The molecule has 0 aromatic heterocycles. The number of likely N-dealkylation sites (tertiary alicyclic amines) is 1. The van der Waals surface area contributed by atoms with Crippen molar-refractivity contribution in [3.63, 3.8) is 0 Å². The van der Waals surface area contributed by atoms with Crippen molar-refractivity contribution < 1.29 is 4.79 Å². The molecular formula is C13H25NO. The van der Waals surface area contributed by atoms with Crippen molar-refractivity contribution in [2.45, 2.75) is 53.5 Å². The van der Waals surface area contributed by atoms with Gasteiger partial charge in [-0.15, -0.1) is 0 Å². The fraction of sp³-hybridized carbons (Fsp3) is 0.923. The monoisotopic (exact) mass is 211 g/mol. The van der Waals surface area contributed by atoms with E-state index in [0.29, 0.717) is 18.2 Å². The molecule has 0 aromatic carbocycles. The zero-order valence-electron chi connectivity index (χ0n) is 11.1. The van der Waals surface area contributed by atoms with Crippen LogP contribution in [0.1, 0.15) is 48.0 Å². The van der Waals surface area contributed by atoms with Gasteiger partial charge in [-0.2, -0.15) is 0 Å². The predicted molar refractivity (Wildman–Crippen MR) is 63.9 cm³/mol. The molecule has 0 amide bonds. The van der Waals surface area contributed by atoms with Crippen LogP contribution >= 0.6 is 0 Å². The van der Waals surface area contributed by atoms with Gasteiger partial charge in [0.2, 0.25) is 0 Å². The average Bonchev–Trinajstić information content (AvgIpc) is 1.99. The lowest BCUT2D eigenvalue weighted by atomic mass is 9.75. The molecule has 1 heterocycles. The summed E-state index contributed by atoms with van der Waals surface area (Å²) in [6.45, 7) is 14.9. The first-order valence-electron chi connectivity index (χ1n) is 5.87. The molecule has 1 aliphatic heterocycles. The maximum Gasteiger partial charge on any atom is 0.147 e. The standard InChI is InChI=1S/C13H25NO/c1-12(2,3)10-7-11(15)9-14(8-10)13(4,5)6/h10H,7-9H2,1-6H3. The molecule has 15 heavy (non-hydrogen) atoms. The van der Waals surface area contributed by atoms with E-state index in [9.17, 15) is 4.79 Å². The number of hydrogen-bond acceptors (Lipinski definition) is 2. The molecule has 1 aliphatic rings. The highest BCUT2D eigenvalue weighted by atomic mass is 16.1. The lowest BCUT2D eigenvalue weighted by molar-refractivity contribution is -0.128. The molecule has 0 N–H and O–H groups in total. The van der Waals surface area contributed by atoms with Gasteiger partial charge >= 0.3 is 0 Å². The topological polar surface area (TPSA) is 20.3 Å². The van der Waals surface area contributed by atoms with Crippen molar-refractivity contribution in [2.24, 2.45) is 11.3 Å². The van der Waals surface area contributed by atoms with Crippen molar-refractivity contribution in [2.75, 3.05) is 13.1 Å². The largest absolute Gasteiger partial charge is 0.298 e. The second-order valence-electron chi connectivity index (χ2n) is 6.86. The second-order valence-corrected chi connectivity index (χ2v) is 6.86. The summed E-state index contributed by atoms with van der Waals surface area (Å²) in [5, 5.41) is 0. The molecule has 0 radical (unpaired) electrons. The van der Waals surface area contributed by atoms with Crippen LogP contribution in [0.4, 0.5) is 0 Å². The van der Waals surface area contributed by atoms with Gasteiger partial charge in [0.1, 0.15) is 5.78 Å². The van der Waals surface area contributed by atoms with Crippen molar-refractivity contribution >= 4 is 5.78 Å². The Morgan fingerprint density at radius 3 is 2.07 bits per heavy atom. The summed E-state index contributed by atoms with van der Waals surface area (Å²) in [4.78, 5) is 14.0. The molecule has 2 heteroatoms. The number of carbonyl (C=O) groups excluding carboxylic acids is 1. The summed E-state index contributed by atoms with van der Waals surface area (Å²) in [6.07, 6.45) is 0.760. The van der Waals surface area contributed by atoms with Crippen molar-refractivity contribution in [1.29, 1.82) is 0 Å². The zero-order chi connectivity index (χ0) is 11.9. The molecule has 1 atom stereocenters. The Hall–Kier alpha value is -0.370. The van der Waals surface area contributed by atoms with Gasteiger partial charge in [0.15, 0.2) is 0 Å². The van der Waals surface area contributed by atoms with Crippen molar-refractivity contribution in [1.82, 2.24) is 4.90 Å². The van der Waals surface area contributed by atoms with Crippen LogP contribution < -0.4 is 0 Å². The smallest absolute Gasteiger partial charge is 0.147 e. The number of hydrogen-bond donors (Lipinski definition) is 0. The Morgan fingerprint density at radius 2 is 1.67 bits per heavy atom. The second kappa shape index (κ2) is 3.89. The Kier molecular flexibility index (Phi) is 3.30. The van der Waals surface area contributed by atoms with E-state index in [1.54, 1.807) is 0 Å². The highest BCUT2D eigenvalue weighted by molar-refractivity contribution is 5.81. The molecule has 0 saturated carbocycles. The van der Waals surface area contributed by atoms with E-state index in [1.807, 2.05) is 0 Å². The molecule has 1 unspecified atom stereocenters. The maximum atomic E-state index is 11.7. The summed E-state index contributed by atoms with van der Waals surface area (Å²) >= 11 is 0. The number of carbonyl (C=O) groups is 1. The third kappa shape index (κ3) is 3.30. The lowest BCUT2D eigenvalue weighted by Crippen LogP contribution is -2.52.